The molecule has 152 valence electrons. The summed E-state index contributed by atoms with van der Waals surface area (Å²) >= 11 is 0. The van der Waals surface area contributed by atoms with Gasteiger partial charge in [0.1, 0.15) is 11.8 Å². The van der Waals surface area contributed by atoms with Gasteiger partial charge in [-0.3, -0.25) is 9.78 Å². The zero-order valence-electron chi connectivity index (χ0n) is 16.8. The first-order valence-electron chi connectivity index (χ1n) is 9.78. The van der Waals surface area contributed by atoms with Crippen molar-refractivity contribution in [1.82, 2.24) is 9.88 Å². The van der Waals surface area contributed by atoms with Crippen LogP contribution in [0, 0.1) is 6.92 Å². The molecule has 2 aromatic rings. The molecule has 1 fully saturated rings. The zero-order valence-corrected chi connectivity index (χ0v) is 16.8. The predicted molar refractivity (Wildman–Crippen MR) is 111 cm³/mol. The summed E-state index contributed by atoms with van der Waals surface area (Å²) in [6.07, 6.45) is 9.24. The molecule has 0 spiro atoms. The lowest BCUT2D eigenvalue weighted by atomic mass is 10.1. The second kappa shape index (κ2) is 9.87. The lowest BCUT2D eigenvalue weighted by molar-refractivity contribution is -0.148. The molecule has 0 radical (unpaired) electrons. The number of nitrogens with zero attached hydrogens (tertiary/aromatic N) is 2. The number of aromatic nitrogens is 1. The number of likely N-dealkylation sites (tertiary alicyclic amines) is 1. The molecule has 1 aliphatic heterocycles. The van der Waals surface area contributed by atoms with E-state index >= 15 is 0 Å². The van der Waals surface area contributed by atoms with E-state index in [1.54, 1.807) is 30.5 Å². The van der Waals surface area contributed by atoms with Gasteiger partial charge in [-0.15, -0.1) is 0 Å². The molecule has 0 N–H and O–H groups in total. The smallest absolute Gasteiger partial charge is 0.328 e. The normalized spacial score (nSPS) is 16.2. The summed E-state index contributed by atoms with van der Waals surface area (Å²) in [4.78, 5) is 31.0. The Morgan fingerprint density at radius 1 is 1.28 bits per heavy atom. The van der Waals surface area contributed by atoms with Gasteiger partial charge < -0.3 is 14.4 Å². The van der Waals surface area contributed by atoms with E-state index in [1.807, 2.05) is 43.3 Å². The van der Waals surface area contributed by atoms with Crippen molar-refractivity contribution in [2.45, 2.75) is 32.2 Å². The molecule has 3 rings (SSSR count). The number of benzene rings is 1. The number of esters is 1. The van der Waals surface area contributed by atoms with E-state index in [1.165, 1.54) is 0 Å². The molecule has 0 aliphatic carbocycles. The summed E-state index contributed by atoms with van der Waals surface area (Å²) in [7, 11) is 1.60. The summed E-state index contributed by atoms with van der Waals surface area (Å²) in [5, 5.41) is 0. The zero-order chi connectivity index (χ0) is 20.6. The van der Waals surface area contributed by atoms with Crippen LogP contribution in [0.5, 0.6) is 5.75 Å². The average Bonchev–Trinajstić information content (AvgIpc) is 3.23. The van der Waals surface area contributed by atoms with Crippen LogP contribution < -0.4 is 4.74 Å². The molecule has 1 saturated heterocycles. The van der Waals surface area contributed by atoms with Gasteiger partial charge in [-0.25, -0.2) is 4.79 Å². The van der Waals surface area contributed by atoms with Crippen molar-refractivity contribution >= 4 is 18.0 Å². The maximum absolute atomic E-state index is 12.8. The highest BCUT2D eigenvalue weighted by molar-refractivity contribution is 5.97. The Kier molecular flexibility index (Phi) is 7.00. The SMILES string of the molecule is COc1cncc(/C=C/CCOC(=O)[C@H]2CCCN2C(=O)c2cccc(C)c2)c1. The molecule has 6 nitrogen and oxygen atoms in total. The van der Waals surface area contributed by atoms with Crippen molar-refractivity contribution < 1.29 is 19.1 Å². The third kappa shape index (κ3) is 5.44. The van der Waals surface area contributed by atoms with Gasteiger partial charge in [0.05, 0.1) is 19.9 Å². The van der Waals surface area contributed by atoms with E-state index in [9.17, 15) is 9.59 Å². The molecule has 1 amide bonds. The summed E-state index contributed by atoms with van der Waals surface area (Å²) < 4.78 is 10.6. The lowest BCUT2D eigenvalue weighted by Gasteiger charge is -2.23. The first kappa shape index (κ1) is 20.6. The van der Waals surface area contributed by atoms with Gasteiger partial charge >= 0.3 is 5.97 Å². The Bertz CT molecular complexity index is 894. The highest BCUT2D eigenvalue weighted by Crippen LogP contribution is 2.22. The molecule has 1 aromatic heterocycles. The molecule has 6 heteroatoms. The number of rotatable bonds is 7. The van der Waals surface area contributed by atoms with Crippen LogP contribution in [0.2, 0.25) is 0 Å². The third-order valence-corrected chi connectivity index (χ3v) is 4.86. The van der Waals surface area contributed by atoms with Gasteiger partial charge in [-0.1, -0.05) is 29.8 Å². The van der Waals surface area contributed by atoms with Crippen LogP contribution >= 0.6 is 0 Å². The van der Waals surface area contributed by atoms with Crippen LogP contribution in [0.4, 0.5) is 0 Å². The van der Waals surface area contributed by atoms with Crippen LogP contribution in [-0.2, 0) is 9.53 Å². The van der Waals surface area contributed by atoms with E-state index in [0.29, 0.717) is 30.7 Å². The minimum atomic E-state index is -0.505. The summed E-state index contributed by atoms with van der Waals surface area (Å²) in [5.74, 6) is 0.247. The molecule has 2 heterocycles. The van der Waals surface area contributed by atoms with Crippen molar-refractivity contribution in [2.24, 2.45) is 0 Å². The Morgan fingerprint density at radius 2 is 2.14 bits per heavy atom. The van der Waals surface area contributed by atoms with Crippen molar-refractivity contribution in [3.63, 3.8) is 0 Å². The van der Waals surface area contributed by atoms with Gasteiger partial charge in [-0.2, -0.15) is 0 Å². The highest BCUT2D eigenvalue weighted by atomic mass is 16.5. The van der Waals surface area contributed by atoms with Gasteiger partial charge in [0.2, 0.25) is 0 Å². The van der Waals surface area contributed by atoms with Crippen molar-refractivity contribution in [3.8, 4) is 5.75 Å². The lowest BCUT2D eigenvalue weighted by Crippen LogP contribution is -2.41. The second-order valence-electron chi connectivity index (χ2n) is 7.04. The van der Waals surface area contributed by atoms with E-state index in [2.05, 4.69) is 4.98 Å². The van der Waals surface area contributed by atoms with Crippen molar-refractivity contribution in [3.05, 3.63) is 65.5 Å². The van der Waals surface area contributed by atoms with Crippen molar-refractivity contribution in [2.75, 3.05) is 20.3 Å². The number of ether oxygens (including phenoxy) is 2. The summed E-state index contributed by atoms with van der Waals surface area (Å²) in [6, 6.07) is 8.81. The van der Waals surface area contributed by atoms with Gasteiger partial charge in [0, 0.05) is 18.3 Å². The Hall–Kier alpha value is -3.15. The first-order chi connectivity index (χ1) is 14.1. The van der Waals surface area contributed by atoms with E-state index in [4.69, 9.17) is 9.47 Å². The largest absolute Gasteiger partial charge is 0.495 e. The molecule has 29 heavy (non-hydrogen) atoms. The Labute approximate surface area is 171 Å². The van der Waals surface area contributed by atoms with E-state index < -0.39 is 6.04 Å². The third-order valence-electron chi connectivity index (χ3n) is 4.86. The fourth-order valence-electron chi connectivity index (χ4n) is 3.38. The molecule has 0 saturated carbocycles. The topological polar surface area (TPSA) is 68.7 Å². The molecular formula is C23H26N2O4. The number of carbonyl (C=O) groups is 2. The van der Waals surface area contributed by atoms with Gasteiger partial charge in [-0.05, 0) is 49.9 Å². The number of hydrogen-bond donors (Lipinski definition) is 0. The van der Waals surface area contributed by atoms with Crippen LogP contribution in [0.1, 0.15) is 40.7 Å². The monoisotopic (exact) mass is 394 g/mol. The quantitative estimate of drug-likeness (QED) is 0.530. The van der Waals surface area contributed by atoms with Crippen molar-refractivity contribution in [1.29, 1.82) is 0 Å². The van der Waals surface area contributed by atoms with Gasteiger partial charge in [0.25, 0.3) is 5.91 Å². The minimum Gasteiger partial charge on any atom is -0.495 e. The number of methoxy groups -OCH3 is 1. The first-order valence-corrected chi connectivity index (χ1v) is 9.78. The Morgan fingerprint density at radius 3 is 2.93 bits per heavy atom. The number of hydrogen-bond acceptors (Lipinski definition) is 5. The molecule has 1 aliphatic rings. The molecule has 1 aromatic carbocycles. The average molecular weight is 394 g/mol. The maximum atomic E-state index is 12.8. The van der Waals surface area contributed by atoms with E-state index in [-0.39, 0.29) is 18.5 Å². The van der Waals surface area contributed by atoms with E-state index in [0.717, 1.165) is 17.5 Å². The fourth-order valence-corrected chi connectivity index (χ4v) is 3.38. The minimum absolute atomic E-state index is 0.112. The second-order valence-corrected chi connectivity index (χ2v) is 7.04. The van der Waals surface area contributed by atoms with Crippen LogP contribution in [0.25, 0.3) is 6.08 Å². The van der Waals surface area contributed by atoms with Gasteiger partial charge in [0.15, 0.2) is 0 Å². The molecule has 1 atom stereocenters. The highest BCUT2D eigenvalue weighted by Gasteiger charge is 2.35. The maximum Gasteiger partial charge on any atom is 0.328 e. The standard InChI is InChI=1S/C23H26N2O4/c1-17-7-5-9-19(13-17)22(26)25-11-6-10-21(25)23(27)29-12-4-3-8-18-14-20(28-2)16-24-15-18/h3,5,7-9,13-16,21H,4,6,10-12H2,1-2H3/b8-3+/t21-/m1/s1. The van der Waals surface area contributed by atoms with Crippen LogP contribution in [-0.4, -0.2) is 48.1 Å². The number of carbonyl (C=O) groups excluding carboxylic acids is 2. The summed E-state index contributed by atoms with van der Waals surface area (Å²) in [5.41, 5.74) is 2.55. The predicted octanol–water partition coefficient (Wildman–Crippen LogP) is 3.65. The van der Waals surface area contributed by atoms with Crippen LogP contribution in [0.3, 0.4) is 0 Å². The molecule has 0 unspecified atom stereocenters. The number of aryl methyl sites for hydroxylation is 1. The van der Waals surface area contributed by atoms with Crippen LogP contribution in [0.15, 0.2) is 48.8 Å². The molecule has 0 bridgehead atoms. The number of pyridine rings is 1. The summed E-state index contributed by atoms with van der Waals surface area (Å²) in [6.45, 7) is 2.80. The Balaban J connectivity index is 1.50. The fraction of sp³-hybridized carbons (Fsp3) is 0.348. The molecular weight excluding hydrogens is 368 g/mol. The number of amides is 1.